The van der Waals surface area contributed by atoms with Crippen molar-refractivity contribution in [3.63, 3.8) is 0 Å². The molecule has 0 bridgehead atoms. The van der Waals surface area contributed by atoms with E-state index in [0.717, 1.165) is 11.3 Å². The molecular weight excluding hydrogens is 326 g/mol. The maximum absolute atomic E-state index is 12.5. The van der Waals surface area contributed by atoms with Crippen molar-refractivity contribution in [2.75, 3.05) is 12.4 Å². The molecular formula is C20H17N5O. The van der Waals surface area contributed by atoms with Crippen LogP contribution in [0.25, 0.3) is 0 Å². The molecule has 1 amide bonds. The lowest BCUT2D eigenvalue weighted by Gasteiger charge is -2.16. The largest absolute Gasteiger partial charge is 0.339 e. The van der Waals surface area contributed by atoms with Gasteiger partial charge in [-0.3, -0.25) is 4.79 Å². The summed E-state index contributed by atoms with van der Waals surface area (Å²) >= 11 is 0. The summed E-state index contributed by atoms with van der Waals surface area (Å²) in [4.78, 5) is 22.5. The number of hydrogen-bond donors (Lipinski definition) is 1. The molecule has 0 radical (unpaired) electrons. The van der Waals surface area contributed by atoms with E-state index in [9.17, 15) is 4.79 Å². The van der Waals surface area contributed by atoms with Crippen LogP contribution in [0.4, 0.5) is 11.5 Å². The Morgan fingerprint density at radius 1 is 1.12 bits per heavy atom. The van der Waals surface area contributed by atoms with Crippen molar-refractivity contribution in [2.24, 2.45) is 0 Å². The molecule has 6 nitrogen and oxygen atoms in total. The maximum atomic E-state index is 12.5. The first-order valence-corrected chi connectivity index (χ1v) is 8.04. The summed E-state index contributed by atoms with van der Waals surface area (Å²) in [6.45, 7) is 0.502. The Balaban J connectivity index is 1.66. The summed E-state index contributed by atoms with van der Waals surface area (Å²) in [6.07, 6.45) is 2.95. The zero-order chi connectivity index (χ0) is 18.4. The normalized spacial score (nSPS) is 10.0. The number of rotatable bonds is 5. The van der Waals surface area contributed by atoms with Gasteiger partial charge in [-0.15, -0.1) is 0 Å². The fourth-order valence-corrected chi connectivity index (χ4v) is 2.44. The quantitative estimate of drug-likeness (QED) is 0.768. The van der Waals surface area contributed by atoms with Gasteiger partial charge >= 0.3 is 0 Å². The molecule has 1 aromatic heterocycles. The molecule has 3 rings (SSSR count). The van der Waals surface area contributed by atoms with E-state index in [1.807, 2.05) is 36.4 Å². The van der Waals surface area contributed by atoms with E-state index in [-0.39, 0.29) is 11.6 Å². The van der Waals surface area contributed by atoms with Gasteiger partial charge in [-0.1, -0.05) is 36.4 Å². The Bertz CT molecular complexity index is 932. The predicted octanol–water partition coefficient (Wildman–Crippen LogP) is 3.36. The monoisotopic (exact) mass is 343 g/mol. The van der Waals surface area contributed by atoms with Gasteiger partial charge in [0.25, 0.3) is 5.91 Å². The Kier molecular flexibility index (Phi) is 5.20. The molecule has 0 spiro atoms. The number of nitrogens with zero attached hydrogens (tertiary/aromatic N) is 4. The van der Waals surface area contributed by atoms with Crippen molar-refractivity contribution in [2.45, 2.75) is 6.54 Å². The molecule has 0 fully saturated rings. The lowest BCUT2D eigenvalue weighted by Crippen LogP contribution is -2.27. The number of carbonyl (C=O) groups excluding carboxylic acids is 1. The molecule has 128 valence electrons. The smallest absolute Gasteiger partial charge is 0.274 e. The highest BCUT2D eigenvalue weighted by Crippen LogP contribution is 2.15. The molecule has 0 atom stereocenters. The number of nitriles is 1. The van der Waals surface area contributed by atoms with Crippen LogP contribution in [0, 0.1) is 11.3 Å². The third-order valence-corrected chi connectivity index (χ3v) is 3.74. The van der Waals surface area contributed by atoms with Gasteiger partial charge < -0.3 is 10.2 Å². The summed E-state index contributed by atoms with van der Waals surface area (Å²) in [7, 11) is 1.73. The maximum Gasteiger partial charge on any atom is 0.274 e. The molecule has 2 aromatic carbocycles. The SMILES string of the molecule is CN(Cc1ccccc1)C(=O)c1cnc(Nc2cccc(C#N)c2)cn1. The average Bonchev–Trinajstić information content (AvgIpc) is 2.69. The molecule has 1 N–H and O–H groups in total. The lowest BCUT2D eigenvalue weighted by molar-refractivity contribution is 0.0779. The first-order chi connectivity index (χ1) is 12.7. The number of aromatic nitrogens is 2. The van der Waals surface area contributed by atoms with Gasteiger partial charge in [0.2, 0.25) is 0 Å². The van der Waals surface area contributed by atoms with Crippen molar-refractivity contribution in [3.05, 3.63) is 83.8 Å². The van der Waals surface area contributed by atoms with Crippen LogP contribution in [0.5, 0.6) is 0 Å². The Morgan fingerprint density at radius 2 is 1.92 bits per heavy atom. The van der Waals surface area contributed by atoms with E-state index < -0.39 is 0 Å². The Labute approximate surface area is 151 Å². The van der Waals surface area contributed by atoms with E-state index in [0.29, 0.717) is 17.9 Å². The van der Waals surface area contributed by atoms with Crippen molar-refractivity contribution >= 4 is 17.4 Å². The van der Waals surface area contributed by atoms with Gasteiger partial charge in [0.1, 0.15) is 11.5 Å². The van der Waals surface area contributed by atoms with Gasteiger partial charge in [-0.05, 0) is 23.8 Å². The van der Waals surface area contributed by atoms with Crippen LogP contribution < -0.4 is 5.32 Å². The lowest BCUT2D eigenvalue weighted by atomic mass is 10.2. The number of hydrogen-bond acceptors (Lipinski definition) is 5. The molecule has 0 saturated carbocycles. The summed E-state index contributed by atoms with van der Waals surface area (Å²) in [5, 5.41) is 12.0. The Morgan fingerprint density at radius 3 is 2.62 bits per heavy atom. The fraction of sp³-hybridized carbons (Fsp3) is 0.100. The second kappa shape index (κ2) is 7.90. The van der Waals surface area contributed by atoms with Crippen LogP contribution >= 0.6 is 0 Å². The van der Waals surface area contributed by atoms with E-state index in [4.69, 9.17) is 5.26 Å². The van der Waals surface area contributed by atoms with Crippen LogP contribution in [0.2, 0.25) is 0 Å². The zero-order valence-electron chi connectivity index (χ0n) is 14.3. The summed E-state index contributed by atoms with van der Waals surface area (Å²) in [6, 6.07) is 18.9. The van der Waals surface area contributed by atoms with E-state index in [2.05, 4.69) is 21.4 Å². The van der Waals surface area contributed by atoms with Gasteiger partial charge in [0.15, 0.2) is 0 Å². The molecule has 0 aliphatic rings. The van der Waals surface area contributed by atoms with Gasteiger partial charge in [0, 0.05) is 19.3 Å². The van der Waals surface area contributed by atoms with Crippen molar-refractivity contribution in [1.82, 2.24) is 14.9 Å². The summed E-state index contributed by atoms with van der Waals surface area (Å²) in [5.74, 6) is 0.307. The number of anilines is 2. The van der Waals surface area contributed by atoms with Gasteiger partial charge in [-0.2, -0.15) is 5.26 Å². The van der Waals surface area contributed by atoms with Crippen LogP contribution in [0.15, 0.2) is 67.0 Å². The number of amides is 1. The molecule has 3 aromatic rings. The van der Waals surface area contributed by atoms with Crippen LogP contribution in [0.3, 0.4) is 0 Å². The van der Waals surface area contributed by atoms with Crippen molar-refractivity contribution < 1.29 is 4.79 Å². The first-order valence-electron chi connectivity index (χ1n) is 8.04. The Hall–Kier alpha value is -3.72. The molecule has 1 heterocycles. The summed E-state index contributed by atoms with van der Waals surface area (Å²) < 4.78 is 0. The first kappa shape index (κ1) is 17.1. The van der Waals surface area contributed by atoms with Crippen LogP contribution in [-0.4, -0.2) is 27.8 Å². The minimum atomic E-state index is -0.195. The second-order valence-corrected chi connectivity index (χ2v) is 5.75. The van der Waals surface area contributed by atoms with Crippen molar-refractivity contribution in [1.29, 1.82) is 5.26 Å². The average molecular weight is 343 g/mol. The highest BCUT2D eigenvalue weighted by molar-refractivity contribution is 5.91. The van der Waals surface area contributed by atoms with Crippen LogP contribution in [-0.2, 0) is 6.54 Å². The predicted molar refractivity (Wildman–Crippen MR) is 98.7 cm³/mol. The minimum Gasteiger partial charge on any atom is -0.339 e. The van der Waals surface area contributed by atoms with Crippen molar-refractivity contribution in [3.8, 4) is 6.07 Å². The number of nitrogens with one attached hydrogen (secondary N) is 1. The fourth-order valence-electron chi connectivity index (χ4n) is 2.44. The molecule has 6 heteroatoms. The number of benzene rings is 2. The minimum absolute atomic E-state index is 0.195. The topological polar surface area (TPSA) is 81.9 Å². The van der Waals surface area contributed by atoms with Crippen LogP contribution in [0.1, 0.15) is 21.6 Å². The third-order valence-electron chi connectivity index (χ3n) is 3.74. The molecule has 0 aliphatic carbocycles. The summed E-state index contributed by atoms with van der Waals surface area (Å²) in [5.41, 5.74) is 2.61. The van der Waals surface area contributed by atoms with E-state index in [1.165, 1.54) is 12.4 Å². The number of carbonyl (C=O) groups is 1. The molecule has 0 unspecified atom stereocenters. The van der Waals surface area contributed by atoms with Gasteiger partial charge in [-0.25, -0.2) is 9.97 Å². The molecule has 26 heavy (non-hydrogen) atoms. The van der Waals surface area contributed by atoms with E-state index >= 15 is 0 Å². The molecule has 0 saturated heterocycles. The van der Waals surface area contributed by atoms with E-state index in [1.54, 1.807) is 30.1 Å². The highest BCUT2D eigenvalue weighted by atomic mass is 16.2. The van der Waals surface area contributed by atoms with Gasteiger partial charge in [0.05, 0.1) is 24.0 Å². The highest BCUT2D eigenvalue weighted by Gasteiger charge is 2.14. The zero-order valence-corrected chi connectivity index (χ0v) is 14.3. The third kappa shape index (κ3) is 4.22. The molecule has 0 aliphatic heterocycles. The second-order valence-electron chi connectivity index (χ2n) is 5.75. The standard InChI is InChI=1S/C20H17N5O/c1-25(14-15-6-3-2-4-7-15)20(26)18-12-23-19(13-22-18)24-17-9-5-8-16(10-17)11-21/h2-10,12-13H,14H2,1H3,(H,23,24).